The molecule has 0 bridgehead atoms. The van der Waals surface area contributed by atoms with E-state index in [4.69, 9.17) is 14.9 Å². The number of hydrogen-bond acceptors (Lipinski definition) is 4. The van der Waals surface area contributed by atoms with Gasteiger partial charge in [0.1, 0.15) is 11.4 Å². The van der Waals surface area contributed by atoms with Crippen LogP contribution in [-0.2, 0) is 4.74 Å². The Morgan fingerprint density at radius 1 is 1.30 bits per heavy atom. The molecule has 1 aromatic carbocycles. The summed E-state index contributed by atoms with van der Waals surface area (Å²) in [6.45, 7) is 5.40. The first-order valence-corrected chi connectivity index (χ1v) is 6.28. The molecular weight excluding hydrogens is 256 g/mol. The predicted molar refractivity (Wildman–Crippen MR) is 78.4 cm³/mol. The molecule has 5 nitrogen and oxygen atoms in total. The van der Waals surface area contributed by atoms with Gasteiger partial charge in [-0.1, -0.05) is 0 Å². The van der Waals surface area contributed by atoms with Gasteiger partial charge in [-0.05, 0) is 51.1 Å². The van der Waals surface area contributed by atoms with Crippen molar-refractivity contribution in [3.8, 4) is 11.3 Å². The number of anilines is 2. The number of benzene rings is 1. The minimum atomic E-state index is -0.549. The van der Waals surface area contributed by atoms with Gasteiger partial charge in [0.2, 0.25) is 0 Å². The van der Waals surface area contributed by atoms with Crippen molar-refractivity contribution in [1.29, 1.82) is 0 Å². The maximum Gasteiger partial charge on any atom is 0.412 e. The van der Waals surface area contributed by atoms with Gasteiger partial charge in [0.15, 0.2) is 0 Å². The van der Waals surface area contributed by atoms with Gasteiger partial charge in [0.25, 0.3) is 0 Å². The van der Waals surface area contributed by atoms with Crippen LogP contribution in [0, 0.1) is 0 Å². The van der Waals surface area contributed by atoms with Gasteiger partial charge in [0.05, 0.1) is 17.6 Å². The van der Waals surface area contributed by atoms with Crippen LogP contribution in [0.15, 0.2) is 41.0 Å². The molecular formula is C15H18N2O3. The Morgan fingerprint density at radius 3 is 2.60 bits per heavy atom. The van der Waals surface area contributed by atoms with Gasteiger partial charge in [0, 0.05) is 5.56 Å². The lowest BCUT2D eigenvalue weighted by molar-refractivity contribution is 0.0636. The Labute approximate surface area is 117 Å². The fourth-order valence-corrected chi connectivity index (χ4v) is 1.69. The highest BCUT2D eigenvalue weighted by Gasteiger charge is 2.17. The summed E-state index contributed by atoms with van der Waals surface area (Å²) in [5, 5.41) is 2.62. The van der Waals surface area contributed by atoms with Crippen molar-refractivity contribution in [3.05, 3.63) is 36.6 Å². The molecule has 0 fully saturated rings. The number of furan rings is 1. The summed E-state index contributed by atoms with van der Waals surface area (Å²) in [4.78, 5) is 11.7. The van der Waals surface area contributed by atoms with Crippen LogP contribution in [0.1, 0.15) is 20.8 Å². The predicted octanol–water partition coefficient (Wildman–Crippen LogP) is 3.88. The smallest absolute Gasteiger partial charge is 0.412 e. The van der Waals surface area contributed by atoms with Crippen LogP contribution in [0.25, 0.3) is 11.3 Å². The Morgan fingerprint density at radius 2 is 2.05 bits per heavy atom. The Hall–Kier alpha value is -2.43. The van der Waals surface area contributed by atoms with Crippen molar-refractivity contribution in [2.24, 2.45) is 0 Å². The molecule has 1 amide bonds. The van der Waals surface area contributed by atoms with Gasteiger partial charge in [-0.3, -0.25) is 5.32 Å². The number of nitrogens with one attached hydrogen (secondary N) is 1. The molecule has 2 rings (SSSR count). The second kappa shape index (κ2) is 5.28. The van der Waals surface area contributed by atoms with Crippen LogP contribution >= 0.6 is 0 Å². The van der Waals surface area contributed by atoms with E-state index in [-0.39, 0.29) is 0 Å². The second-order valence-electron chi connectivity index (χ2n) is 5.41. The zero-order valence-electron chi connectivity index (χ0n) is 11.8. The molecule has 0 unspecified atom stereocenters. The summed E-state index contributed by atoms with van der Waals surface area (Å²) in [6, 6.07) is 8.93. The van der Waals surface area contributed by atoms with Gasteiger partial charge in [-0.25, -0.2) is 4.79 Å². The van der Waals surface area contributed by atoms with Crippen LogP contribution in [0.2, 0.25) is 0 Å². The molecule has 5 heteroatoms. The van der Waals surface area contributed by atoms with E-state index in [1.54, 1.807) is 45.2 Å². The third-order valence-corrected chi connectivity index (χ3v) is 2.49. The average Bonchev–Trinajstić information content (AvgIpc) is 2.82. The van der Waals surface area contributed by atoms with Gasteiger partial charge in [-0.2, -0.15) is 0 Å². The topological polar surface area (TPSA) is 77.5 Å². The highest BCUT2D eigenvalue weighted by Crippen LogP contribution is 2.27. The summed E-state index contributed by atoms with van der Waals surface area (Å²) < 4.78 is 10.5. The minimum absolute atomic E-state index is 0.449. The number of rotatable bonds is 2. The maximum absolute atomic E-state index is 11.7. The summed E-state index contributed by atoms with van der Waals surface area (Å²) in [5.74, 6) is 0.723. The summed E-state index contributed by atoms with van der Waals surface area (Å²) >= 11 is 0. The van der Waals surface area contributed by atoms with E-state index in [1.807, 2.05) is 12.1 Å². The normalized spacial score (nSPS) is 11.2. The molecule has 1 aromatic heterocycles. The number of carbonyl (C=O) groups is 1. The quantitative estimate of drug-likeness (QED) is 0.815. The summed E-state index contributed by atoms with van der Waals surface area (Å²) in [7, 11) is 0. The highest BCUT2D eigenvalue weighted by molar-refractivity contribution is 5.90. The zero-order chi connectivity index (χ0) is 14.8. The van der Waals surface area contributed by atoms with Crippen molar-refractivity contribution >= 4 is 17.5 Å². The van der Waals surface area contributed by atoms with Crippen molar-refractivity contribution in [2.75, 3.05) is 11.1 Å². The number of amides is 1. The SMILES string of the molecule is CC(C)(C)OC(=O)Nc1ccc(-c2ccco2)cc1N. The van der Waals surface area contributed by atoms with Gasteiger partial charge < -0.3 is 14.9 Å². The van der Waals surface area contributed by atoms with Gasteiger partial charge >= 0.3 is 6.09 Å². The molecule has 1 heterocycles. The van der Waals surface area contributed by atoms with E-state index in [9.17, 15) is 4.79 Å². The molecule has 0 atom stereocenters. The number of nitrogens with two attached hydrogens (primary N) is 1. The standard InChI is InChI=1S/C15H18N2O3/c1-15(2,3)20-14(18)17-12-7-6-10(9-11(12)16)13-5-4-8-19-13/h4-9H,16H2,1-3H3,(H,17,18). The number of ether oxygens (including phenoxy) is 1. The summed E-state index contributed by atoms with van der Waals surface area (Å²) in [6.07, 6.45) is 1.06. The third kappa shape index (κ3) is 3.54. The molecule has 0 aliphatic heterocycles. The van der Waals surface area contributed by atoms with E-state index in [0.717, 1.165) is 11.3 Å². The highest BCUT2D eigenvalue weighted by atomic mass is 16.6. The first kappa shape index (κ1) is 14.0. The van der Waals surface area contributed by atoms with Crippen LogP contribution in [0.4, 0.5) is 16.2 Å². The van der Waals surface area contributed by atoms with Gasteiger partial charge in [-0.15, -0.1) is 0 Å². The van der Waals surface area contributed by atoms with Crippen molar-refractivity contribution < 1.29 is 13.9 Å². The minimum Gasteiger partial charge on any atom is -0.464 e. The lowest BCUT2D eigenvalue weighted by atomic mass is 10.1. The fraction of sp³-hybridized carbons (Fsp3) is 0.267. The van der Waals surface area contributed by atoms with Crippen molar-refractivity contribution in [3.63, 3.8) is 0 Å². The van der Waals surface area contributed by atoms with Crippen LogP contribution in [-0.4, -0.2) is 11.7 Å². The molecule has 2 aromatic rings. The lowest BCUT2D eigenvalue weighted by Crippen LogP contribution is -2.27. The molecule has 3 N–H and O–H groups in total. The summed E-state index contributed by atoms with van der Waals surface area (Å²) in [5.41, 5.74) is 7.19. The van der Waals surface area contributed by atoms with Crippen LogP contribution in [0.3, 0.4) is 0 Å². The molecule has 0 saturated carbocycles. The lowest BCUT2D eigenvalue weighted by Gasteiger charge is -2.20. The second-order valence-corrected chi connectivity index (χ2v) is 5.41. The van der Waals surface area contributed by atoms with Crippen molar-refractivity contribution in [2.45, 2.75) is 26.4 Å². The third-order valence-electron chi connectivity index (χ3n) is 2.49. The molecule has 0 saturated heterocycles. The molecule has 0 spiro atoms. The first-order chi connectivity index (χ1) is 9.35. The van der Waals surface area contributed by atoms with E-state index in [1.165, 1.54) is 0 Å². The molecule has 106 valence electrons. The molecule has 0 radical (unpaired) electrons. The Kier molecular flexibility index (Phi) is 3.70. The van der Waals surface area contributed by atoms with E-state index >= 15 is 0 Å². The van der Waals surface area contributed by atoms with E-state index in [2.05, 4.69) is 5.32 Å². The molecule has 0 aliphatic carbocycles. The fourth-order valence-electron chi connectivity index (χ4n) is 1.69. The zero-order valence-corrected chi connectivity index (χ0v) is 11.8. The van der Waals surface area contributed by atoms with E-state index in [0.29, 0.717) is 11.4 Å². The number of nitrogen functional groups attached to an aromatic ring is 1. The monoisotopic (exact) mass is 274 g/mol. The Bertz CT molecular complexity index is 598. The average molecular weight is 274 g/mol. The molecule has 20 heavy (non-hydrogen) atoms. The number of hydrogen-bond donors (Lipinski definition) is 2. The Balaban J connectivity index is 2.13. The molecule has 0 aliphatic rings. The first-order valence-electron chi connectivity index (χ1n) is 6.28. The largest absolute Gasteiger partial charge is 0.464 e. The van der Waals surface area contributed by atoms with Crippen molar-refractivity contribution in [1.82, 2.24) is 0 Å². The van der Waals surface area contributed by atoms with Crippen LogP contribution in [0.5, 0.6) is 0 Å². The maximum atomic E-state index is 11.7. The number of carbonyl (C=O) groups excluding carboxylic acids is 1. The van der Waals surface area contributed by atoms with E-state index < -0.39 is 11.7 Å². The van der Waals surface area contributed by atoms with Crippen LogP contribution < -0.4 is 11.1 Å².